The van der Waals surface area contributed by atoms with E-state index in [1.807, 2.05) is 44.4 Å². The minimum Gasteiger partial charge on any atom is -0.384 e. The first-order valence-corrected chi connectivity index (χ1v) is 7.46. The van der Waals surface area contributed by atoms with E-state index in [1.165, 1.54) is 0 Å². The molecule has 1 aromatic carbocycles. The lowest BCUT2D eigenvalue weighted by atomic mass is 10.00. The summed E-state index contributed by atoms with van der Waals surface area (Å²) in [5.74, 6) is 0.0821. The van der Waals surface area contributed by atoms with Crippen molar-refractivity contribution in [1.82, 2.24) is 9.88 Å². The second-order valence-electron chi connectivity index (χ2n) is 5.06. The van der Waals surface area contributed by atoms with Crippen LogP contribution in [0.25, 0.3) is 0 Å². The maximum Gasteiger partial charge on any atom is 0.232 e. The number of aryl methyl sites for hydroxylation is 1. The van der Waals surface area contributed by atoms with Crippen molar-refractivity contribution in [3.63, 3.8) is 0 Å². The summed E-state index contributed by atoms with van der Waals surface area (Å²) in [6.07, 6.45) is 1.85. The van der Waals surface area contributed by atoms with Crippen molar-refractivity contribution in [1.29, 1.82) is 0 Å². The highest BCUT2D eigenvalue weighted by atomic mass is 32.1. The van der Waals surface area contributed by atoms with E-state index in [4.69, 9.17) is 0 Å². The van der Waals surface area contributed by atoms with Gasteiger partial charge in [-0.2, -0.15) is 0 Å². The van der Waals surface area contributed by atoms with Gasteiger partial charge in [-0.3, -0.25) is 4.79 Å². The smallest absolute Gasteiger partial charge is 0.232 e. The molecule has 0 fully saturated rings. The third-order valence-electron chi connectivity index (χ3n) is 3.57. The molecule has 0 saturated heterocycles. The average molecular weight is 287 g/mol. The number of fused-ring (bicyclic) bond motifs is 1. The zero-order valence-corrected chi connectivity index (χ0v) is 12.4. The quantitative estimate of drug-likeness (QED) is 0.944. The van der Waals surface area contributed by atoms with Gasteiger partial charge in [0, 0.05) is 30.4 Å². The van der Waals surface area contributed by atoms with Crippen molar-refractivity contribution in [2.24, 2.45) is 0 Å². The van der Waals surface area contributed by atoms with Gasteiger partial charge >= 0.3 is 0 Å². The fraction of sp³-hybridized carbons (Fsp3) is 0.333. The molecule has 0 aliphatic carbocycles. The zero-order chi connectivity index (χ0) is 14.1. The second-order valence-corrected chi connectivity index (χ2v) is 6.38. The molecule has 5 heteroatoms. The minimum absolute atomic E-state index is 0.0785. The standard InChI is InChI=1S/C15H17N3OS/c1-10-16-7-11(20-10)9-18(2)15(19)13-8-17-14-6-4-3-5-12(13)14/h3-7,13,17H,8-9H2,1-2H3. The van der Waals surface area contributed by atoms with Crippen molar-refractivity contribution in [2.75, 3.05) is 18.9 Å². The third-order valence-corrected chi connectivity index (χ3v) is 4.47. The van der Waals surface area contributed by atoms with Crippen molar-refractivity contribution in [3.05, 3.63) is 45.9 Å². The van der Waals surface area contributed by atoms with Gasteiger partial charge in [-0.1, -0.05) is 18.2 Å². The molecule has 1 N–H and O–H groups in total. The number of anilines is 1. The Hall–Kier alpha value is -1.88. The van der Waals surface area contributed by atoms with Gasteiger partial charge in [-0.15, -0.1) is 11.3 Å². The number of nitrogens with one attached hydrogen (secondary N) is 1. The van der Waals surface area contributed by atoms with Crippen molar-refractivity contribution in [2.45, 2.75) is 19.4 Å². The van der Waals surface area contributed by atoms with E-state index < -0.39 is 0 Å². The summed E-state index contributed by atoms with van der Waals surface area (Å²) in [5, 5.41) is 4.33. The van der Waals surface area contributed by atoms with Gasteiger partial charge in [-0.25, -0.2) is 4.98 Å². The van der Waals surface area contributed by atoms with Crippen LogP contribution >= 0.6 is 11.3 Å². The van der Waals surface area contributed by atoms with Crippen molar-refractivity contribution < 1.29 is 4.79 Å². The van der Waals surface area contributed by atoms with Crippen LogP contribution in [0.1, 0.15) is 21.4 Å². The van der Waals surface area contributed by atoms with Crippen LogP contribution in [0.15, 0.2) is 30.5 Å². The van der Waals surface area contributed by atoms with Crippen LogP contribution in [0, 0.1) is 6.92 Å². The van der Waals surface area contributed by atoms with Crippen LogP contribution in [-0.2, 0) is 11.3 Å². The number of aromatic nitrogens is 1. The molecule has 0 spiro atoms. The molecule has 0 saturated carbocycles. The summed E-state index contributed by atoms with van der Waals surface area (Å²) in [6.45, 7) is 3.29. The largest absolute Gasteiger partial charge is 0.384 e. The minimum atomic E-state index is -0.0785. The molecule has 2 heterocycles. The lowest BCUT2D eigenvalue weighted by molar-refractivity contribution is -0.131. The Morgan fingerprint density at radius 1 is 1.50 bits per heavy atom. The van der Waals surface area contributed by atoms with E-state index in [0.29, 0.717) is 13.1 Å². The summed E-state index contributed by atoms with van der Waals surface area (Å²) in [5.41, 5.74) is 2.18. The first-order chi connectivity index (χ1) is 9.65. The summed E-state index contributed by atoms with van der Waals surface area (Å²) in [4.78, 5) is 19.7. The van der Waals surface area contributed by atoms with E-state index in [1.54, 1.807) is 16.2 Å². The molecule has 2 aromatic rings. The number of likely N-dealkylation sites (N-methyl/N-ethyl adjacent to an activating group) is 1. The summed E-state index contributed by atoms with van der Waals surface area (Å²) in [6, 6.07) is 8.03. The number of amides is 1. The van der Waals surface area contributed by atoms with Gasteiger partial charge < -0.3 is 10.2 Å². The molecule has 104 valence electrons. The monoisotopic (exact) mass is 287 g/mol. The van der Waals surface area contributed by atoms with Crippen LogP contribution < -0.4 is 5.32 Å². The Labute approximate surface area is 122 Å². The number of benzene rings is 1. The summed E-state index contributed by atoms with van der Waals surface area (Å²) >= 11 is 1.64. The molecule has 20 heavy (non-hydrogen) atoms. The van der Waals surface area contributed by atoms with Gasteiger partial charge in [-0.05, 0) is 18.6 Å². The SMILES string of the molecule is Cc1ncc(CN(C)C(=O)C2CNc3ccccc32)s1. The van der Waals surface area contributed by atoms with E-state index in [2.05, 4.69) is 10.3 Å². The fourth-order valence-corrected chi connectivity index (χ4v) is 3.41. The molecule has 3 rings (SSSR count). The Bertz CT molecular complexity index is 638. The van der Waals surface area contributed by atoms with Gasteiger partial charge in [0.2, 0.25) is 5.91 Å². The number of hydrogen-bond acceptors (Lipinski definition) is 4. The maximum absolute atomic E-state index is 12.6. The number of hydrogen-bond donors (Lipinski definition) is 1. The Morgan fingerprint density at radius 3 is 3.05 bits per heavy atom. The third kappa shape index (κ3) is 2.41. The topological polar surface area (TPSA) is 45.2 Å². The molecule has 1 aromatic heterocycles. The predicted molar refractivity (Wildman–Crippen MR) is 81.0 cm³/mol. The van der Waals surface area contributed by atoms with Gasteiger partial charge in [0.25, 0.3) is 0 Å². The van der Waals surface area contributed by atoms with E-state index >= 15 is 0 Å². The Balaban J connectivity index is 1.73. The Kier molecular flexibility index (Phi) is 3.44. The zero-order valence-electron chi connectivity index (χ0n) is 11.6. The highest BCUT2D eigenvalue weighted by Gasteiger charge is 2.30. The number of thiazole rings is 1. The molecule has 1 aliphatic heterocycles. The maximum atomic E-state index is 12.6. The molecule has 0 bridgehead atoms. The highest BCUT2D eigenvalue weighted by molar-refractivity contribution is 7.11. The van der Waals surface area contributed by atoms with E-state index in [0.717, 1.165) is 21.1 Å². The van der Waals surface area contributed by atoms with Crippen LogP contribution in [0.3, 0.4) is 0 Å². The number of para-hydroxylation sites is 1. The molecule has 1 unspecified atom stereocenters. The second kappa shape index (κ2) is 5.25. The van der Waals surface area contributed by atoms with E-state index in [9.17, 15) is 4.79 Å². The predicted octanol–water partition coefficient (Wildman–Crippen LogP) is 2.62. The molecular weight excluding hydrogens is 270 g/mol. The number of carbonyl (C=O) groups excluding carboxylic acids is 1. The van der Waals surface area contributed by atoms with Crippen LogP contribution in [-0.4, -0.2) is 29.4 Å². The Morgan fingerprint density at radius 2 is 2.30 bits per heavy atom. The number of carbonyl (C=O) groups is 1. The molecule has 1 atom stereocenters. The van der Waals surface area contributed by atoms with Gasteiger partial charge in [0.05, 0.1) is 17.5 Å². The number of rotatable bonds is 3. The van der Waals surface area contributed by atoms with Crippen LogP contribution in [0.2, 0.25) is 0 Å². The first kappa shape index (κ1) is 13.1. The van der Waals surface area contributed by atoms with Crippen molar-refractivity contribution in [3.8, 4) is 0 Å². The van der Waals surface area contributed by atoms with E-state index in [-0.39, 0.29) is 11.8 Å². The summed E-state index contributed by atoms with van der Waals surface area (Å²) < 4.78 is 0. The molecular formula is C15H17N3OS. The molecule has 1 aliphatic rings. The lowest BCUT2D eigenvalue weighted by Crippen LogP contribution is -2.32. The molecule has 1 amide bonds. The normalized spacial score (nSPS) is 16.6. The highest BCUT2D eigenvalue weighted by Crippen LogP contribution is 2.32. The molecule has 4 nitrogen and oxygen atoms in total. The fourth-order valence-electron chi connectivity index (χ4n) is 2.56. The first-order valence-electron chi connectivity index (χ1n) is 6.64. The van der Waals surface area contributed by atoms with Gasteiger partial charge in [0.1, 0.15) is 0 Å². The van der Waals surface area contributed by atoms with Crippen molar-refractivity contribution >= 4 is 22.9 Å². The van der Waals surface area contributed by atoms with Crippen LogP contribution in [0.4, 0.5) is 5.69 Å². The lowest BCUT2D eigenvalue weighted by Gasteiger charge is -2.20. The number of nitrogens with zero attached hydrogens (tertiary/aromatic N) is 2. The van der Waals surface area contributed by atoms with Crippen LogP contribution in [0.5, 0.6) is 0 Å². The molecule has 0 radical (unpaired) electrons. The average Bonchev–Trinajstić information content (AvgIpc) is 3.04. The summed E-state index contributed by atoms with van der Waals surface area (Å²) in [7, 11) is 1.86. The van der Waals surface area contributed by atoms with Gasteiger partial charge in [0.15, 0.2) is 0 Å².